The van der Waals surface area contributed by atoms with Crippen molar-refractivity contribution in [2.75, 3.05) is 0 Å². The molecule has 0 bridgehead atoms. The number of fused-ring (bicyclic) bond motifs is 3. The van der Waals surface area contributed by atoms with E-state index in [1.807, 2.05) is 12.1 Å². The molecule has 1 aliphatic carbocycles. The van der Waals surface area contributed by atoms with Crippen LogP contribution in [0.3, 0.4) is 0 Å². The standard InChI is InChI=1S/C22H21N3O6S/c1-11(2)19(22(26)27)25-32(28,29)14-6-7-15-16-9-13(5-8-17(16)30-18(15)10-14)20-23-21(31-24-20)12-3-4-12/h5-12,19,25H,3-4H2,1-2H3,(H,26,27). The van der Waals surface area contributed by atoms with Crippen LogP contribution < -0.4 is 4.72 Å². The minimum Gasteiger partial charge on any atom is -0.480 e. The lowest BCUT2D eigenvalue weighted by Gasteiger charge is -2.17. The first-order valence-corrected chi connectivity index (χ1v) is 11.8. The molecule has 1 fully saturated rings. The maximum absolute atomic E-state index is 12.8. The van der Waals surface area contributed by atoms with Gasteiger partial charge in [0.25, 0.3) is 0 Å². The summed E-state index contributed by atoms with van der Waals surface area (Å²) < 4.78 is 39.0. The number of nitrogens with one attached hydrogen (secondary N) is 1. The molecule has 2 aromatic heterocycles. The highest BCUT2D eigenvalue weighted by molar-refractivity contribution is 7.89. The summed E-state index contributed by atoms with van der Waals surface area (Å²) in [7, 11) is -4.05. The van der Waals surface area contributed by atoms with E-state index in [1.54, 1.807) is 26.0 Å². The highest BCUT2D eigenvalue weighted by Gasteiger charge is 2.30. The molecule has 5 rings (SSSR count). The number of carboxylic acid groups (broad SMARTS) is 1. The number of nitrogens with zero attached hydrogens (tertiary/aromatic N) is 2. The Balaban J connectivity index is 1.51. The molecule has 1 atom stereocenters. The Morgan fingerprint density at radius 3 is 2.59 bits per heavy atom. The SMILES string of the molecule is CC(C)C(NS(=O)(=O)c1ccc2c(c1)oc1ccc(-c3noc(C4CC4)n3)cc12)C(=O)O. The number of carbonyl (C=O) groups is 1. The van der Waals surface area contributed by atoms with Crippen LogP contribution in [-0.4, -0.2) is 35.7 Å². The minimum atomic E-state index is -4.05. The van der Waals surface area contributed by atoms with E-state index in [-0.39, 0.29) is 4.90 Å². The number of furan rings is 1. The van der Waals surface area contributed by atoms with E-state index in [0.29, 0.717) is 28.8 Å². The molecule has 10 heteroatoms. The van der Waals surface area contributed by atoms with Gasteiger partial charge in [0.05, 0.1) is 4.90 Å². The molecule has 0 spiro atoms. The van der Waals surface area contributed by atoms with Gasteiger partial charge in [0, 0.05) is 28.3 Å². The first kappa shape index (κ1) is 20.7. The number of hydrogen-bond acceptors (Lipinski definition) is 7. The summed E-state index contributed by atoms with van der Waals surface area (Å²) in [4.78, 5) is 15.8. The van der Waals surface area contributed by atoms with Gasteiger partial charge in [-0.3, -0.25) is 4.79 Å². The second-order valence-corrected chi connectivity index (χ2v) is 10.1. The van der Waals surface area contributed by atoms with E-state index in [0.717, 1.165) is 29.2 Å². The van der Waals surface area contributed by atoms with E-state index < -0.39 is 28.0 Å². The van der Waals surface area contributed by atoms with Gasteiger partial charge in [-0.25, -0.2) is 8.42 Å². The molecular weight excluding hydrogens is 434 g/mol. The summed E-state index contributed by atoms with van der Waals surface area (Å²) in [5.41, 5.74) is 1.74. The van der Waals surface area contributed by atoms with Gasteiger partial charge >= 0.3 is 5.97 Å². The Kier molecular flexibility index (Phi) is 4.79. The number of sulfonamides is 1. The third-order valence-corrected chi connectivity index (χ3v) is 7.03. The van der Waals surface area contributed by atoms with Crippen molar-refractivity contribution >= 4 is 37.9 Å². The van der Waals surface area contributed by atoms with Gasteiger partial charge in [0.15, 0.2) is 0 Å². The van der Waals surface area contributed by atoms with Gasteiger partial charge in [-0.05, 0) is 49.1 Å². The number of aromatic nitrogens is 2. The van der Waals surface area contributed by atoms with E-state index in [4.69, 9.17) is 8.94 Å². The van der Waals surface area contributed by atoms with E-state index in [2.05, 4.69) is 14.9 Å². The van der Waals surface area contributed by atoms with Crippen LogP contribution in [0.15, 0.2) is 50.2 Å². The molecule has 166 valence electrons. The third-order valence-electron chi connectivity index (χ3n) is 5.59. The van der Waals surface area contributed by atoms with E-state index >= 15 is 0 Å². The predicted octanol–water partition coefficient (Wildman–Crippen LogP) is 3.90. The van der Waals surface area contributed by atoms with Gasteiger partial charge in [-0.2, -0.15) is 9.71 Å². The molecule has 0 aliphatic heterocycles. The summed E-state index contributed by atoms with van der Waals surface area (Å²) in [6.07, 6.45) is 2.13. The minimum absolute atomic E-state index is 0.0663. The fraction of sp³-hybridized carbons (Fsp3) is 0.318. The van der Waals surface area contributed by atoms with Crippen molar-refractivity contribution in [3.8, 4) is 11.4 Å². The maximum atomic E-state index is 12.8. The molecule has 9 nitrogen and oxygen atoms in total. The van der Waals surface area contributed by atoms with Crippen LogP contribution in [0.5, 0.6) is 0 Å². The summed E-state index contributed by atoms with van der Waals surface area (Å²) >= 11 is 0. The fourth-order valence-electron chi connectivity index (χ4n) is 3.62. The zero-order chi connectivity index (χ0) is 22.6. The zero-order valence-corrected chi connectivity index (χ0v) is 18.2. The lowest BCUT2D eigenvalue weighted by atomic mass is 10.1. The van der Waals surface area contributed by atoms with Crippen LogP contribution in [0.25, 0.3) is 33.3 Å². The maximum Gasteiger partial charge on any atom is 0.322 e. The summed E-state index contributed by atoms with van der Waals surface area (Å²) in [6.45, 7) is 3.28. The molecule has 0 radical (unpaired) electrons. The van der Waals surface area contributed by atoms with Crippen molar-refractivity contribution in [1.82, 2.24) is 14.9 Å². The quantitative estimate of drug-likeness (QED) is 0.428. The van der Waals surface area contributed by atoms with Gasteiger partial charge in [0.1, 0.15) is 17.2 Å². The van der Waals surface area contributed by atoms with Crippen molar-refractivity contribution in [3.63, 3.8) is 0 Å². The smallest absolute Gasteiger partial charge is 0.322 e. The average Bonchev–Trinajstić information content (AvgIpc) is 3.36. The first-order chi connectivity index (χ1) is 15.2. The van der Waals surface area contributed by atoms with Crippen LogP contribution in [0.1, 0.15) is 38.5 Å². The highest BCUT2D eigenvalue weighted by Crippen LogP contribution is 2.40. The van der Waals surface area contributed by atoms with Crippen molar-refractivity contribution in [2.24, 2.45) is 5.92 Å². The number of carboxylic acids is 1. The van der Waals surface area contributed by atoms with Crippen molar-refractivity contribution in [1.29, 1.82) is 0 Å². The van der Waals surface area contributed by atoms with E-state index in [1.165, 1.54) is 12.1 Å². The van der Waals surface area contributed by atoms with Crippen LogP contribution in [0.2, 0.25) is 0 Å². The lowest BCUT2D eigenvalue weighted by molar-refractivity contribution is -0.140. The lowest BCUT2D eigenvalue weighted by Crippen LogP contribution is -2.44. The van der Waals surface area contributed by atoms with Crippen molar-refractivity contribution < 1.29 is 27.3 Å². The molecule has 2 N–H and O–H groups in total. The van der Waals surface area contributed by atoms with Gasteiger partial charge in [0.2, 0.25) is 21.7 Å². The van der Waals surface area contributed by atoms with Gasteiger partial charge in [-0.1, -0.05) is 19.0 Å². The van der Waals surface area contributed by atoms with Crippen molar-refractivity contribution in [2.45, 2.75) is 43.5 Å². The normalized spacial score (nSPS) is 15.6. The Labute approximate surface area is 183 Å². The Bertz CT molecular complexity index is 1450. The zero-order valence-electron chi connectivity index (χ0n) is 17.4. The molecule has 0 amide bonds. The number of benzene rings is 2. The average molecular weight is 455 g/mol. The van der Waals surface area contributed by atoms with Crippen molar-refractivity contribution in [3.05, 3.63) is 42.3 Å². The highest BCUT2D eigenvalue weighted by atomic mass is 32.2. The van der Waals surface area contributed by atoms with E-state index in [9.17, 15) is 18.3 Å². The second-order valence-electron chi connectivity index (χ2n) is 8.38. The van der Waals surface area contributed by atoms with Crippen LogP contribution in [0, 0.1) is 5.92 Å². The number of rotatable bonds is 7. The molecular formula is C22H21N3O6S. The summed E-state index contributed by atoms with van der Waals surface area (Å²) in [6, 6.07) is 8.74. The molecule has 1 saturated carbocycles. The Morgan fingerprint density at radius 1 is 1.12 bits per heavy atom. The molecule has 0 saturated heterocycles. The number of hydrogen-bond donors (Lipinski definition) is 2. The van der Waals surface area contributed by atoms with Crippen LogP contribution in [-0.2, 0) is 14.8 Å². The Morgan fingerprint density at radius 2 is 1.91 bits per heavy atom. The molecule has 2 heterocycles. The Hall–Kier alpha value is -3.24. The summed E-state index contributed by atoms with van der Waals surface area (Å²) in [5.74, 6) is -0.130. The summed E-state index contributed by atoms with van der Waals surface area (Å²) in [5, 5.41) is 14.9. The molecule has 32 heavy (non-hydrogen) atoms. The fourth-order valence-corrected chi connectivity index (χ4v) is 4.97. The van der Waals surface area contributed by atoms with Gasteiger partial charge < -0.3 is 14.0 Å². The van der Waals surface area contributed by atoms with Crippen LogP contribution in [0.4, 0.5) is 0 Å². The predicted molar refractivity (Wildman–Crippen MR) is 116 cm³/mol. The third kappa shape index (κ3) is 3.65. The largest absolute Gasteiger partial charge is 0.480 e. The molecule has 1 aliphatic rings. The molecule has 4 aromatic rings. The first-order valence-electron chi connectivity index (χ1n) is 10.3. The second kappa shape index (κ2) is 7.42. The molecule has 1 unspecified atom stereocenters. The van der Waals surface area contributed by atoms with Gasteiger partial charge in [-0.15, -0.1) is 0 Å². The number of aliphatic carboxylic acids is 1. The monoisotopic (exact) mass is 455 g/mol. The topological polar surface area (TPSA) is 136 Å². The van der Waals surface area contributed by atoms with Crippen LogP contribution >= 0.6 is 0 Å². The molecule has 2 aromatic carbocycles.